The van der Waals surface area contributed by atoms with Crippen molar-refractivity contribution < 1.29 is 4.79 Å². The first-order valence-electron chi connectivity index (χ1n) is 8.12. The van der Waals surface area contributed by atoms with Crippen molar-refractivity contribution in [1.29, 1.82) is 0 Å². The number of rotatable bonds is 4. The highest BCUT2D eigenvalue weighted by Crippen LogP contribution is 2.22. The highest BCUT2D eigenvalue weighted by molar-refractivity contribution is 5.78. The van der Waals surface area contributed by atoms with Gasteiger partial charge in [-0.25, -0.2) is 9.97 Å². The number of amides is 1. The molecule has 122 valence electrons. The van der Waals surface area contributed by atoms with Gasteiger partial charge >= 0.3 is 0 Å². The van der Waals surface area contributed by atoms with Crippen molar-refractivity contribution in [3.63, 3.8) is 0 Å². The van der Waals surface area contributed by atoms with Crippen LogP contribution in [-0.4, -0.2) is 43.4 Å². The fourth-order valence-electron chi connectivity index (χ4n) is 3.09. The van der Waals surface area contributed by atoms with E-state index >= 15 is 0 Å². The largest absolute Gasteiger partial charge is 0.342 e. The summed E-state index contributed by atoms with van der Waals surface area (Å²) in [5, 5.41) is 0. The third kappa shape index (κ3) is 3.41. The van der Waals surface area contributed by atoms with Gasteiger partial charge in [0.15, 0.2) is 5.82 Å². The summed E-state index contributed by atoms with van der Waals surface area (Å²) in [7, 11) is 1.95. The number of imidazole rings is 1. The minimum atomic E-state index is 0.0697. The van der Waals surface area contributed by atoms with Crippen LogP contribution in [0.2, 0.25) is 0 Å². The molecule has 1 atom stereocenters. The second-order valence-corrected chi connectivity index (χ2v) is 6.56. The van der Waals surface area contributed by atoms with E-state index in [1.807, 2.05) is 42.8 Å². The Labute approximate surface area is 136 Å². The van der Waals surface area contributed by atoms with E-state index in [1.165, 1.54) is 0 Å². The van der Waals surface area contributed by atoms with Crippen LogP contribution in [0.15, 0.2) is 24.8 Å². The standard InChI is InChI=1S/C17H23N5O/c1-12(2)17(23)22-6-4-13(11-22)8-14-9-18-10-15(20-14)16-19-5-7-21(16)3/h5,7,9-10,12-13H,4,6,8,11H2,1-3H3/t13-/m0/s1. The number of carbonyl (C=O) groups excluding carboxylic acids is 1. The summed E-state index contributed by atoms with van der Waals surface area (Å²) >= 11 is 0. The number of aromatic nitrogens is 4. The van der Waals surface area contributed by atoms with Crippen LogP contribution in [0.3, 0.4) is 0 Å². The molecule has 2 aromatic heterocycles. The van der Waals surface area contributed by atoms with Crippen LogP contribution < -0.4 is 0 Å². The zero-order valence-corrected chi connectivity index (χ0v) is 13.9. The lowest BCUT2D eigenvalue weighted by atomic mass is 10.0. The number of hydrogen-bond donors (Lipinski definition) is 0. The van der Waals surface area contributed by atoms with Gasteiger partial charge in [0, 0.05) is 44.6 Å². The molecule has 1 saturated heterocycles. The molecule has 6 heteroatoms. The Morgan fingerprint density at radius 2 is 2.22 bits per heavy atom. The average Bonchev–Trinajstić information content (AvgIpc) is 3.15. The highest BCUT2D eigenvalue weighted by Gasteiger charge is 2.27. The molecule has 1 fully saturated rings. The SMILES string of the molecule is CC(C)C(=O)N1CC[C@@H](Cc2cncc(-c3nccn3C)n2)C1. The van der Waals surface area contributed by atoms with Crippen molar-refractivity contribution >= 4 is 5.91 Å². The normalized spacial score (nSPS) is 17.9. The molecule has 23 heavy (non-hydrogen) atoms. The Morgan fingerprint density at radius 3 is 2.91 bits per heavy atom. The van der Waals surface area contributed by atoms with E-state index in [0.29, 0.717) is 5.92 Å². The van der Waals surface area contributed by atoms with Crippen LogP contribution in [0.4, 0.5) is 0 Å². The minimum absolute atomic E-state index is 0.0697. The van der Waals surface area contributed by atoms with E-state index < -0.39 is 0 Å². The first kappa shape index (κ1) is 15.6. The van der Waals surface area contributed by atoms with Crippen molar-refractivity contribution in [3.8, 4) is 11.5 Å². The first-order valence-corrected chi connectivity index (χ1v) is 8.12. The maximum atomic E-state index is 12.1. The van der Waals surface area contributed by atoms with Crippen LogP contribution >= 0.6 is 0 Å². The summed E-state index contributed by atoms with van der Waals surface area (Å²) in [6.45, 7) is 5.59. The van der Waals surface area contributed by atoms with Crippen LogP contribution in [0.1, 0.15) is 26.0 Å². The third-order valence-corrected chi connectivity index (χ3v) is 4.32. The molecule has 2 aromatic rings. The predicted molar refractivity (Wildman–Crippen MR) is 87.5 cm³/mol. The van der Waals surface area contributed by atoms with E-state index in [2.05, 4.69) is 9.97 Å². The lowest BCUT2D eigenvalue weighted by molar-refractivity contribution is -0.133. The van der Waals surface area contributed by atoms with E-state index in [-0.39, 0.29) is 11.8 Å². The van der Waals surface area contributed by atoms with Gasteiger partial charge in [-0.15, -0.1) is 0 Å². The van der Waals surface area contributed by atoms with Crippen molar-refractivity contribution in [1.82, 2.24) is 24.4 Å². The summed E-state index contributed by atoms with van der Waals surface area (Å²) in [5.74, 6) is 1.60. The fourth-order valence-corrected chi connectivity index (χ4v) is 3.09. The van der Waals surface area contributed by atoms with Gasteiger partial charge in [0.1, 0.15) is 5.69 Å². The molecule has 1 aliphatic rings. The van der Waals surface area contributed by atoms with Gasteiger partial charge in [-0.3, -0.25) is 9.78 Å². The van der Waals surface area contributed by atoms with Gasteiger partial charge in [-0.1, -0.05) is 13.8 Å². The molecule has 0 aliphatic carbocycles. The van der Waals surface area contributed by atoms with Crippen molar-refractivity contribution in [2.45, 2.75) is 26.7 Å². The quantitative estimate of drug-likeness (QED) is 0.865. The van der Waals surface area contributed by atoms with Crippen LogP contribution in [0.5, 0.6) is 0 Å². The third-order valence-electron chi connectivity index (χ3n) is 4.32. The van der Waals surface area contributed by atoms with Crippen molar-refractivity contribution in [2.24, 2.45) is 18.9 Å². The molecule has 0 spiro atoms. The Morgan fingerprint density at radius 1 is 1.39 bits per heavy atom. The Kier molecular flexibility index (Phi) is 4.41. The Hall–Kier alpha value is -2.24. The summed E-state index contributed by atoms with van der Waals surface area (Å²) < 4.78 is 1.94. The zero-order chi connectivity index (χ0) is 16.4. The molecule has 0 N–H and O–H groups in total. The second-order valence-electron chi connectivity index (χ2n) is 6.56. The Bertz CT molecular complexity index is 694. The number of hydrogen-bond acceptors (Lipinski definition) is 4. The molecule has 1 aliphatic heterocycles. The maximum Gasteiger partial charge on any atom is 0.225 e. The molecule has 3 heterocycles. The van der Waals surface area contributed by atoms with Crippen LogP contribution in [-0.2, 0) is 18.3 Å². The maximum absolute atomic E-state index is 12.1. The van der Waals surface area contributed by atoms with Gasteiger partial charge < -0.3 is 9.47 Å². The fraction of sp³-hybridized carbons (Fsp3) is 0.529. The predicted octanol–water partition coefficient (Wildman–Crippen LogP) is 1.92. The molecule has 0 radical (unpaired) electrons. The van der Waals surface area contributed by atoms with E-state index in [9.17, 15) is 4.79 Å². The molecular formula is C17H23N5O. The first-order chi connectivity index (χ1) is 11.0. The summed E-state index contributed by atoms with van der Waals surface area (Å²) in [4.78, 5) is 27.4. The van der Waals surface area contributed by atoms with Crippen LogP contribution in [0.25, 0.3) is 11.5 Å². The van der Waals surface area contributed by atoms with Crippen molar-refractivity contribution in [3.05, 3.63) is 30.5 Å². The minimum Gasteiger partial charge on any atom is -0.342 e. The molecule has 0 aromatic carbocycles. The van der Waals surface area contributed by atoms with Gasteiger partial charge in [-0.2, -0.15) is 0 Å². The van der Waals surface area contributed by atoms with Crippen LogP contribution in [0, 0.1) is 11.8 Å². The zero-order valence-electron chi connectivity index (χ0n) is 13.9. The summed E-state index contributed by atoms with van der Waals surface area (Å²) in [6.07, 6.45) is 9.11. The lowest BCUT2D eigenvalue weighted by Gasteiger charge is -2.18. The van der Waals surface area contributed by atoms with E-state index in [1.54, 1.807) is 12.4 Å². The molecule has 6 nitrogen and oxygen atoms in total. The Balaban J connectivity index is 1.68. The molecule has 1 amide bonds. The molecule has 0 bridgehead atoms. The van der Waals surface area contributed by atoms with Gasteiger partial charge in [0.2, 0.25) is 5.91 Å². The molecule has 3 rings (SSSR count). The summed E-state index contributed by atoms with van der Waals surface area (Å²) in [5.41, 5.74) is 1.76. The number of carbonyl (C=O) groups is 1. The summed E-state index contributed by atoms with van der Waals surface area (Å²) in [6, 6.07) is 0. The molecule has 0 saturated carbocycles. The monoisotopic (exact) mass is 313 g/mol. The second kappa shape index (κ2) is 6.48. The van der Waals surface area contributed by atoms with Gasteiger partial charge in [-0.05, 0) is 18.8 Å². The number of nitrogens with zero attached hydrogens (tertiary/aromatic N) is 5. The number of likely N-dealkylation sites (tertiary alicyclic amines) is 1. The average molecular weight is 313 g/mol. The van der Waals surface area contributed by atoms with Gasteiger partial charge in [0.05, 0.1) is 11.9 Å². The topological polar surface area (TPSA) is 63.9 Å². The number of aryl methyl sites for hydroxylation is 1. The lowest BCUT2D eigenvalue weighted by Crippen LogP contribution is -2.32. The smallest absolute Gasteiger partial charge is 0.225 e. The molecular weight excluding hydrogens is 290 g/mol. The van der Waals surface area contributed by atoms with E-state index in [4.69, 9.17) is 4.98 Å². The van der Waals surface area contributed by atoms with Gasteiger partial charge in [0.25, 0.3) is 0 Å². The molecule has 0 unspecified atom stereocenters. The highest BCUT2D eigenvalue weighted by atomic mass is 16.2. The van der Waals surface area contributed by atoms with Crippen molar-refractivity contribution in [2.75, 3.05) is 13.1 Å². The van der Waals surface area contributed by atoms with E-state index in [0.717, 1.165) is 43.1 Å².